The van der Waals surface area contributed by atoms with Gasteiger partial charge in [-0.25, -0.2) is 4.68 Å². The number of carbonyl (C=O) groups excluding carboxylic acids is 1. The van der Waals surface area contributed by atoms with Crippen LogP contribution in [0.3, 0.4) is 0 Å². The van der Waals surface area contributed by atoms with Crippen molar-refractivity contribution >= 4 is 18.3 Å². The van der Waals surface area contributed by atoms with Gasteiger partial charge in [-0.3, -0.25) is 4.79 Å². The van der Waals surface area contributed by atoms with Gasteiger partial charge in [0.25, 0.3) is 5.91 Å². The molecule has 1 aliphatic rings. The van der Waals surface area contributed by atoms with Crippen LogP contribution in [-0.4, -0.2) is 40.2 Å². The maximum absolute atomic E-state index is 12.9. The van der Waals surface area contributed by atoms with E-state index in [-0.39, 0.29) is 24.4 Å². The van der Waals surface area contributed by atoms with Crippen LogP contribution in [-0.2, 0) is 12.8 Å². The molecule has 0 radical (unpaired) electrons. The van der Waals surface area contributed by atoms with Gasteiger partial charge in [0.2, 0.25) is 0 Å². The lowest BCUT2D eigenvalue weighted by molar-refractivity contribution is 0.0741. The number of benzene rings is 1. The standard InChI is InChI=1S/C19H26N4O.ClH/c1-13-8-10-15(11-9-13)23-17-7-5-4-6-16(17)18(21-23)19(24)22(3)14(2)12-20;/h8-11,14H,4-7,12,20H2,1-3H3;1H. The summed E-state index contributed by atoms with van der Waals surface area (Å²) in [7, 11) is 1.81. The molecule has 1 heterocycles. The predicted octanol–water partition coefficient (Wildman–Crippen LogP) is 2.90. The summed E-state index contributed by atoms with van der Waals surface area (Å²) >= 11 is 0. The van der Waals surface area contributed by atoms with Crippen LogP contribution in [0.5, 0.6) is 0 Å². The fourth-order valence-electron chi connectivity index (χ4n) is 3.20. The van der Waals surface area contributed by atoms with Crippen molar-refractivity contribution in [2.24, 2.45) is 5.73 Å². The van der Waals surface area contributed by atoms with Crippen LogP contribution >= 0.6 is 12.4 Å². The smallest absolute Gasteiger partial charge is 0.274 e. The van der Waals surface area contributed by atoms with Crippen LogP contribution in [0, 0.1) is 6.92 Å². The van der Waals surface area contributed by atoms with E-state index in [1.807, 2.05) is 11.6 Å². The summed E-state index contributed by atoms with van der Waals surface area (Å²) in [5.74, 6) is -0.0306. The molecule has 0 fully saturated rings. The van der Waals surface area contributed by atoms with Crippen molar-refractivity contribution in [2.45, 2.75) is 45.6 Å². The molecule has 0 bridgehead atoms. The number of likely N-dealkylation sites (N-methyl/N-ethyl adjacent to an activating group) is 1. The van der Waals surface area contributed by atoms with Crippen LogP contribution < -0.4 is 5.73 Å². The SMILES string of the molecule is Cc1ccc(-n2nc(C(=O)N(C)C(C)CN)c3c2CCCC3)cc1.Cl. The molecule has 5 nitrogen and oxygen atoms in total. The van der Waals surface area contributed by atoms with E-state index in [9.17, 15) is 4.79 Å². The van der Waals surface area contributed by atoms with Gasteiger partial charge in [0.05, 0.1) is 5.69 Å². The van der Waals surface area contributed by atoms with E-state index in [0.717, 1.165) is 36.9 Å². The Morgan fingerprint density at radius 2 is 1.92 bits per heavy atom. The largest absolute Gasteiger partial charge is 0.336 e. The van der Waals surface area contributed by atoms with Gasteiger partial charge in [0.15, 0.2) is 5.69 Å². The number of nitrogens with two attached hydrogens (primary N) is 1. The number of aryl methyl sites for hydroxylation is 1. The second-order valence-electron chi connectivity index (χ2n) is 6.73. The van der Waals surface area contributed by atoms with Gasteiger partial charge in [0, 0.05) is 30.9 Å². The molecule has 6 heteroatoms. The Morgan fingerprint density at radius 1 is 1.28 bits per heavy atom. The van der Waals surface area contributed by atoms with Gasteiger partial charge >= 0.3 is 0 Å². The van der Waals surface area contributed by atoms with Crippen molar-refractivity contribution in [3.8, 4) is 5.69 Å². The number of fused-ring (bicyclic) bond motifs is 1. The molecule has 0 spiro atoms. The Balaban J connectivity index is 0.00000225. The molecule has 0 saturated carbocycles. The van der Waals surface area contributed by atoms with Crippen molar-refractivity contribution in [3.05, 3.63) is 46.8 Å². The zero-order chi connectivity index (χ0) is 17.3. The normalized spacial score (nSPS) is 14.4. The van der Waals surface area contributed by atoms with E-state index in [4.69, 9.17) is 10.8 Å². The lowest BCUT2D eigenvalue weighted by Gasteiger charge is -2.23. The van der Waals surface area contributed by atoms with Crippen molar-refractivity contribution in [1.82, 2.24) is 14.7 Å². The number of amides is 1. The number of halogens is 1. The van der Waals surface area contributed by atoms with Crippen molar-refractivity contribution < 1.29 is 4.79 Å². The van der Waals surface area contributed by atoms with Crippen molar-refractivity contribution in [3.63, 3.8) is 0 Å². The highest BCUT2D eigenvalue weighted by Crippen LogP contribution is 2.28. The van der Waals surface area contributed by atoms with Gasteiger partial charge in [-0.2, -0.15) is 5.10 Å². The van der Waals surface area contributed by atoms with Gasteiger partial charge < -0.3 is 10.6 Å². The lowest BCUT2D eigenvalue weighted by atomic mass is 9.95. The van der Waals surface area contributed by atoms with Crippen LogP contribution in [0.4, 0.5) is 0 Å². The number of hydrogen-bond acceptors (Lipinski definition) is 3. The molecule has 2 aromatic rings. The Bertz CT molecular complexity index is 739. The number of hydrogen-bond donors (Lipinski definition) is 1. The van der Waals surface area contributed by atoms with Gasteiger partial charge in [0.1, 0.15) is 0 Å². The number of aromatic nitrogens is 2. The molecule has 0 saturated heterocycles. The minimum absolute atomic E-state index is 0. The van der Waals surface area contributed by atoms with Crippen LogP contribution in [0.2, 0.25) is 0 Å². The molecule has 1 atom stereocenters. The topological polar surface area (TPSA) is 64.2 Å². The minimum Gasteiger partial charge on any atom is -0.336 e. The highest BCUT2D eigenvalue weighted by molar-refractivity contribution is 5.94. The first kappa shape index (κ1) is 19.5. The molecule has 1 aliphatic carbocycles. The summed E-state index contributed by atoms with van der Waals surface area (Å²) in [5, 5.41) is 4.71. The second kappa shape index (κ2) is 8.02. The summed E-state index contributed by atoms with van der Waals surface area (Å²) in [5.41, 5.74) is 10.8. The van der Waals surface area contributed by atoms with Gasteiger partial charge in [-0.05, 0) is 51.7 Å². The molecular formula is C19H27ClN4O. The van der Waals surface area contributed by atoms with Crippen LogP contribution in [0.1, 0.15) is 47.1 Å². The molecule has 2 N–H and O–H groups in total. The monoisotopic (exact) mass is 362 g/mol. The molecule has 1 amide bonds. The minimum atomic E-state index is -0.0306. The molecule has 0 aliphatic heterocycles. The quantitative estimate of drug-likeness (QED) is 0.909. The summed E-state index contributed by atoms with van der Waals surface area (Å²) in [6.45, 7) is 4.48. The fourth-order valence-corrected chi connectivity index (χ4v) is 3.20. The van der Waals surface area contributed by atoms with Crippen LogP contribution in [0.25, 0.3) is 5.69 Å². The molecule has 1 aromatic heterocycles. The lowest BCUT2D eigenvalue weighted by Crippen LogP contribution is -2.40. The summed E-state index contributed by atoms with van der Waals surface area (Å²) < 4.78 is 1.96. The maximum Gasteiger partial charge on any atom is 0.274 e. The van der Waals surface area contributed by atoms with E-state index in [1.165, 1.54) is 11.3 Å². The number of nitrogens with zero attached hydrogens (tertiary/aromatic N) is 3. The van der Waals surface area contributed by atoms with Gasteiger partial charge in [-0.1, -0.05) is 17.7 Å². The third-order valence-corrected chi connectivity index (χ3v) is 4.98. The highest BCUT2D eigenvalue weighted by atomic mass is 35.5. The Hall–Kier alpha value is -1.85. The highest BCUT2D eigenvalue weighted by Gasteiger charge is 2.28. The Kier molecular flexibility index (Phi) is 6.25. The Morgan fingerprint density at radius 3 is 2.56 bits per heavy atom. The number of carbonyl (C=O) groups is 1. The second-order valence-corrected chi connectivity index (χ2v) is 6.73. The van der Waals surface area contributed by atoms with E-state index in [1.54, 1.807) is 11.9 Å². The molecule has 136 valence electrons. The summed E-state index contributed by atoms with van der Waals surface area (Å²) in [4.78, 5) is 14.6. The average Bonchev–Trinajstić information content (AvgIpc) is 3.00. The predicted molar refractivity (Wildman–Crippen MR) is 103 cm³/mol. The van der Waals surface area contributed by atoms with Gasteiger partial charge in [-0.15, -0.1) is 12.4 Å². The maximum atomic E-state index is 12.9. The molecular weight excluding hydrogens is 336 g/mol. The third kappa shape index (κ3) is 3.72. The van der Waals surface area contributed by atoms with E-state index >= 15 is 0 Å². The first-order valence-electron chi connectivity index (χ1n) is 8.68. The van der Waals surface area contributed by atoms with Crippen molar-refractivity contribution in [1.29, 1.82) is 0 Å². The molecule has 1 unspecified atom stereocenters. The van der Waals surface area contributed by atoms with Crippen LogP contribution in [0.15, 0.2) is 24.3 Å². The average molecular weight is 363 g/mol. The first-order chi connectivity index (χ1) is 11.5. The molecule has 3 rings (SSSR count). The van der Waals surface area contributed by atoms with E-state index < -0.39 is 0 Å². The Labute approximate surface area is 155 Å². The van der Waals surface area contributed by atoms with E-state index in [2.05, 4.69) is 31.2 Å². The van der Waals surface area contributed by atoms with Crippen molar-refractivity contribution in [2.75, 3.05) is 13.6 Å². The zero-order valence-electron chi connectivity index (χ0n) is 15.2. The summed E-state index contributed by atoms with van der Waals surface area (Å²) in [6, 6.07) is 8.29. The zero-order valence-corrected chi connectivity index (χ0v) is 16.0. The van der Waals surface area contributed by atoms with E-state index in [0.29, 0.717) is 12.2 Å². The summed E-state index contributed by atoms with van der Waals surface area (Å²) in [6.07, 6.45) is 4.16. The first-order valence-corrected chi connectivity index (χ1v) is 8.68. The molecule has 25 heavy (non-hydrogen) atoms. The fraction of sp³-hybridized carbons (Fsp3) is 0.474. The third-order valence-electron chi connectivity index (χ3n) is 4.98. The number of rotatable bonds is 4. The molecule has 1 aromatic carbocycles.